The minimum absolute atomic E-state index is 0.00810. The third kappa shape index (κ3) is 6.35. The van der Waals surface area contributed by atoms with Crippen molar-refractivity contribution in [2.45, 2.75) is 25.4 Å². The van der Waals surface area contributed by atoms with Gasteiger partial charge >= 0.3 is 5.97 Å². The molecule has 0 spiro atoms. The minimum Gasteiger partial charge on any atom is -0.494 e. The van der Waals surface area contributed by atoms with E-state index in [0.717, 1.165) is 11.8 Å². The summed E-state index contributed by atoms with van der Waals surface area (Å²) in [6.45, 7) is 4.60. The summed E-state index contributed by atoms with van der Waals surface area (Å²) >= 11 is 1.09. The molecule has 0 unspecified atom stereocenters. The molecule has 1 aromatic heterocycles. The van der Waals surface area contributed by atoms with E-state index in [1.165, 1.54) is 11.1 Å². The van der Waals surface area contributed by atoms with Crippen LogP contribution in [0.4, 0.5) is 11.5 Å². The second-order valence-corrected chi connectivity index (χ2v) is 6.78. The van der Waals surface area contributed by atoms with Gasteiger partial charge in [-0.2, -0.15) is 5.26 Å². The van der Waals surface area contributed by atoms with Crippen LogP contribution in [-0.4, -0.2) is 47.4 Å². The van der Waals surface area contributed by atoms with Crippen LogP contribution in [0.1, 0.15) is 30.6 Å². The highest BCUT2D eigenvalue weighted by atomic mass is 32.2. The predicted octanol–water partition coefficient (Wildman–Crippen LogP) is 2.67. The van der Waals surface area contributed by atoms with E-state index in [-0.39, 0.29) is 47.8 Å². The molecule has 1 heterocycles. The SMILES string of the molecule is CCOC(=O)c1cnc(SCC(=O)N(CCC#N)c2ccc(OCC)cc2)nc1N. The fraction of sp³-hybridized carbons (Fsp3) is 0.350. The number of nitrogens with zero attached hydrogens (tertiary/aromatic N) is 4. The van der Waals surface area contributed by atoms with Gasteiger partial charge in [-0.05, 0) is 38.1 Å². The fourth-order valence-electron chi connectivity index (χ4n) is 2.47. The molecule has 0 fully saturated rings. The third-order valence-corrected chi connectivity index (χ3v) is 4.67. The number of carbonyl (C=O) groups is 2. The van der Waals surface area contributed by atoms with Crippen molar-refractivity contribution in [2.24, 2.45) is 0 Å². The molecular formula is C20H23N5O4S. The molecule has 0 aliphatic rings. The Labute approximate surface area is 179 Å². The second-order valence-electron chi connectivity index (χ2n) is 5.84. The average Bonchev–Trinajstić information content (AvgIpc) is 2.74. The molecule has 0 aliphatic carbocycles. The maximum absolute atomic E-state index is 12.8. The zero-order chi connectivity index (χ0) is 21.9. The first-order valence-corrected chi connectivity index (χ1v) is 10.3. The standard InChI is InChI=1S/C20H23N5O4S/c1-3-28-15-8-6-14(7-9-15)25(11-5-10-21)17(26)13-30-20-23-12-16(18(22)24-20)19(27)29-4-2/h6-9,12H,3-5,11,13H2,1-2H3,(H2,22,23,24). The van der Waals surface area contributed by atoms with Crippen LogP contribution in [0.2, 0.25) is 0 Å². The molecule has 2 rings (SSSR count). The number of benzene rings is 1. The van der Waals surface area contributed by atoms with E-state index < -0.39 is 5.97 Å². The summed E-state index contributed by atoms with van der Waals surface area (Å²) in [6.07, 6.45) is 1.48. The van der Waals surface area contributed by atoms with Crippen molar-refractivity contribution in [2.75, 3.05) is 36.1 Å². The molecule has 2 N–H and O–H groups in total. The zero-order valence-corrected chi connectivity index (χ0v) is 17.6. The van der Waals surface area contributed by atoms with Crippen molar-refractivity contribution in [3.05, 3.63) is 36.0 Å². The van der Waals surface area contributed by atoms with Gasteiger partial charge in [0.1, 0.15) is 17.1 Å². The topological polar surface area (TPSA) is 131 Å². The summed E-state index contributed by atoms with van der Waals surface area (Å²) in [6, 6.07) is 9.14. The Bertz CT molecular complexity index is 914. The number of esters is 1. The molecule has 0 saturated heterocycles. The molecule has 9 nitrogen and oxygen atoms in total. The van der Waals surface area contributed by atoms with E-state index in [4.69, 9.17) is 20.5 Å². The van der Waals surface area contributed by atoms with Crippen LogP contribution in [-0.2, 0) is 9.53 Å². The van der Waals surface area contributed by atoms with Gasteiger partial charge < -0.3 is 20.1 Å². The largest absolute Gasteiger partial charge is 0.494 e. The van der Waals surface area contributed by atoms with Crippen molar-refractivity contribution in [3.63, 3.8) is 0 Å². The van der Waals surface area contributed by atoms with E-state index in [2.05, 4.69) is 16.0 Å². The molecular weight excluding hydrogens is 406 g/mol. The number of thioether (sulfide) groups is 1. The Hall–Kier alpha value is -3.32. The molecule has 0 radical (unpaired) electrons. The lowest BCUT2D eigenvalue weighted by Gasteiger charge is -2.22. The number of amides is 1. The highest BCUT2D eigenvalue weighted by molar-refractivity contribution is 7.99. The van der Waals surface area contributed by atoms with Gasteiger partial charge in [-0.25, -0.2) is 14.8 Å². The van der Waals surface area contributed by atoms with Gasteiger partial charge in [0.25, 0.3) is 0 Å². The van der Waals surface area contributed by atoms with E-state index in [9.17, 15) is 9.59 Å². The Morgan fingerprint density at radius 2 is 1.97 bits per heavy atom. The lowest BCUT2D eigenvalue weighted by Crippen LogP contribution is -2.33. The van der Waals surface area contributed by atoms with Crippen molar-refractivity contribution >= 4 is 35.1 Å². The lowest BCUT2D eigenvalue weighted by molar-refractivity contribution is -0.116. The Kier molecular flexibility index (Phi) is 8.90. The number of rotatable bonds is 10. The van der Waals surface area contributed by atoms with Gasteiger partial charge in [0, 0.05) is 18.4 Å². The monoisotopic (exact) mass is 429 g/mol. The van der Waals surface area contributed by atoms with Crippen molar-refractivity contribution in [3.8, 4) is 11.8 Å². The van der Waals surface area contributed by atoms with Crippen molar-refractivity contribution in [1.29, 1.82) is 5.26 Å². The molecule has 1 amide bonds. The Morgan fingerprint density at radius 1 is 1.23 bits per heavy atom. The van der Waals surface area contributed by atoms with E-state index in [0.29, 0.717) is 18.0 Å². The molecule has 2 aromatic rings. The van der Waals surface area contributed by atoms with Crippen LogP contribution >= 0.6 is 11.8 Å². The fourth-order valence-corrected chi connectivity index (χ4v) is 3.17. The maximum Gasteiger partial charge on any atom is 0.343 e. The number of carbonyl (C=O) groups excluding carboxylic acids is 2. The van der Waals surface area contributed by atoms with Gasteiger partial charge in [-0.1, -0.05) is 11.8 Å². The molecule has 0 atom stereocenters. The predicted molar refractivity (Wildman–Crippen MR) is 113 cm³/mol. The molecule has 10 heteroatoms. The van der Waals surface area contributed by atoms with Crippen molar-refractivity contribution < 1.29 is 19.1 Å². The molecule has 0 aliphatic heterocycles. The molecule has 0 bridgehead atoms. The number of hydrogen-bond acceptors (Lipinski definition) is 9. The van der Waals surface area contributed by atoms with E-state index >= 15 is 0 Å². The Balaban J connectivity index is 2.07. The van der Waals surface area contributed by atoms with Crippen LogP contribution in [0.5, 0.6) is 5.75 Å². The van der Waals surface area contributed by atoms with E-state index in [1.54, 1.807) is 31.2 Å². The van der Waals surface area contributed by atoms with Crippen LogP contribution in [0, 0.1) is 11.3 Å². The third-order valence-electron chi connectivity index (χ3n) is 3.82. The van der Waals surface area contributed by atoms with Gasteiger partial charge in [0.15, 0.2) is 5.16 Å². The molecule has 0 saturated carbocycles. The minimum atomic E-state index is -0.596. The van der Waals surface area contributed by atoms with Crippen LogP contribution in [0.15, 0.2) is 35.6 Å². The number of nitrogen functional groups attached to an aromatic ring is 1. The zero-order valence-electron chi connectivity index (χ0n) is 16.8. The smallest absolute Gasteiger partial charge is 0.343 e. The quantitative estimate of drug-likeness (QED) is 0.344. The van der Waals surface area contributed by atoms with Gasteiger partial charge in [0.05, 0.1) is 31.5 Å². The summed E-state index contributed by atoms with van der Waals surface area (Å²) in [7, 11) is 0. The number of nitrogens with two attached hydrogens (primary N) is 1. The second kappa shape index (κ2) is 11.6. The summed E-state index contributed by atoms with van der Waals surface area (Å²) in [5, 5.41) is 9.19. The highest BCUT2D eigenvalue weighted by Gasteiger charge is 2.18. The normalized spacial score (nSPS) is 10.2. The van der Waals surface area contributed by atoms with Crippen LogP contribution < -0.4 is 15.4 Å². The van der Waals surface area contributed by atoms with Gasteiger partial charge in [0.2, 0.25) is 5.91 Å². The molecule has 158 valence electrons. The first-order chi connectivity index (χ1) is 14.5. The Morgan fingerprint density at radius 3 is 2.57 bits per heavy atom. The number of aromatic nitrogens is 2. The average molecular weight is 430 g/mol. The van der Waals surface area contributed by atoms with Gasteiger partial charge in [-0.3, -0.25) is 4.79 Å². The summed E-state index contributed by atoms with van der Waals surface area (Å²) in [4.78, 5) is 34.2. The number of hydrogen-bond donors (Lipinski definition) is 1. The highest BCUT2D eigenvalue weighted by Crippen LogP contribution is 2.23. The lowest BCUT2D eigenvalue weighted by atomic mass is 10.2. The summed E-state index contributed by atoms with van der Waals surface area (Å²) < 4.78 is 10.3. The number of nitriles is 1. The first-order valence-electron chi connectivity index (χ1n) is 9.32. The van der Waals surface area contributed by atoms with Gasteiger partial charge in [-0.15, -0.1) is 0 Å². The van der Waals surface area contributed by atoms with E-state index in [1.807, 2.05) is 6.92 Å². The summed E-state index contributed by atoms with van der Waals surface area (Å²) in [5.41, 5.74) is 6.55. The van der Waals surface area contributed by atoms with Crippen LogP contribution in [0.25, 0.3) is 0 Å². The maximum atomic E-state index is 12.8. The summed E-state index contributed by atoms with van der Waals surface area (Å²) in [5.74, 6) is -0.0754. The molecule has 1 aromatic carbocycles. The number of anilines is 2. The molecule has 30 heavy (non-hydrogen) atoms. The first kappa shape index (κ1) is 23.0. The van der Waals surface area contributed by atoms with Crippen LogP contribution in [0.3, 0.4) is 0 Å². The number of ether oxygens (including phenoxy) is 2. The van der Waals surface area contributed by atoms with Crippen molar-refractivity contribution in [1.82, 2.24) is 9.97 Å².